The van der Waals surface area contributed by atoms with E-state index in [1.807, 2.05) is 57.1 Å². The lowest BCUT2D eigenvalue weighted by Crippen LogP contribution is -2.60. The summed E-state index contributed by atoms with van der Waals surface area (Å²) in [6, 6.07) is 6.74. The van der Waals surface area contributed by atoms with Crippen LogP contribution >= 0.6 is 0 Å². The number of rotatable bonds is 13. The molecule has 0 bridgehead atoms. The topological polar surface area (TPSA) is 206 Å². The van der Waals surface area contributed by atoms with Crippen molar-refractivity contribution >= 4 is 17.7 Å². The third-order valence-electron chi connectivity index (χ3n) is 11.7. The number of aliphatic hydroxyl groups is 4. The molecule has 0 aliphatic carbocycles. The number of hydrogen-bond donors (Lipinski definition) is 6. The lowest BCUT2D eigenvalue weighted by molar-refractivity contribution is -0.298. The Morgan fingerprint density at radius 3 is 2.25 bits per heavy atom. The number of ketones is 1. The minimum Gasteiger partial charge on any atom is -0.497 e. The molecule has 0 unspecified atom stereocenters. The van der Waals surface area contributed by atoms with Crippen LogP contribution in [0.4, 0.5) is 0 Å². The summed E-state index contributed by atoms with van der Waals surface area (Å²) in [5.74, 6) is -4.86. The van der Waals surface area contributed by atoms with Crippen molar-refractivity contribution in [1.82, 2.24) is 15.5 Å². The summed E-state index contributed by atoms with van der Waals surface area (Å²) >= 11 is 0. The van der Waals surface area contributed by atoms with Crippen LogP contribution in [0.1, 0.15) is 87.1 Å². The lowest BCUT2D eigenvalue weighted by Gasteiger charge is -2.47. The molecule has 0 saturated carbocycles. The van der Waals surface area contributed by atoms with Crippen LogP contribution in [0.25, 0.3) is 0 Å². The van der Waals surface area contributed by atoms with Crippen LogP contribution in [0.5, 0.6) is 5.75 Å². The third kappa shape index (κ3) is 12.6. The fraction of sp³-hybridized carbons (Fsp3) is 0.786. The van der Waals surface area contributed by atoms with Crippen molar-refractivity contribution in [3.8, 4) is 5.75 Å². The van der Waals surface area contributed by atoms with Gasteiger partial charge in [0.15, 0.2) is 12.1 Å². The molecular weight excluding hydrogens is 738 g/mol. The standard InChI is InChI=1S/C42H71N3O12/c1-13-33-42(9,52)36(49)28(7)38(50)44-24(3)20-41(8,54-22-30(46)21-43-23(2)18-29-14-16-31(53-12)17-15-29)37(26(5)34(47)27(6)39(51)56-33)57-40-35(48)32(45(10)11)19-25(4)55-40/h14-17,23-28,30,32-33,35-37,40,43,46,48-49,52H,13,18-22H2,1-12H3,(H,44,50)/t23-,24+,25+,26-,27+,28+,30-,32-,33+,35+,36+,37+,40-,41+,42+/m0/s1. The second kappa shape index (κ2) is 21.0. The van der Waals surface area contributed by atoms with Gasteiger partial charge < -0.3 is 59.6 Å². The molecule has 2 fully saturated rings. The predicted molar refractivity (Wildman–Crippen MR) is 213 cm³/mol. The van der Waals surface area contributed by atoms with Gasteiger partial charge in [-0.05, 0) is 99.0 Å². The van der Waals surface area contributed by atoms with Gasteiger partial charge in [0.1, 0.15) is 29.5 Å². The number of carbonyl (C=O) groups excluding carboxylic acids is 3. The number of benzene rings is 1. The maximum Gasteiger partial charge on any atom is 0.316 e. The van der Waals surface area contributed by atoms with Gasteiger partial charge >= 0.3 is 5.97 Å². The van der Waals surface area contributed by atoms with Crippen molar-refractivity contribution in [3.05, 3.63) is 29.8 Å². The monoisotopic (exact) mass is 810 g/mol. The molecule has 2 aliphatic heterocycles. The van der Waals surface area contributed by atoms with Gasteiger partial charge in [-0.1, -0.05) is 32.9 Å². The molecule has 1 amide bonds. The number of methoxy groups -OCH3 is 1. The Morgan fingerprint density at radius 2 is 1.67 bits per heavy atom. The molecule has 2 saturated heterocycles. The molecule has 2 heterocycles. The number of esters is 1. The van der Waals surface area contributed by atoms with Crippen molar-refractivity contribution in [1.29, 1.82) is 0 Å². The Kier molecular flexibility index (Phi) is 17.9. The molecule has 15 atom stereocenters. The van der Waals surface area contributed by atoms with Crippen LogP contribution in [-0.2, 0) is 39.8 Å². The minimum absolute atomic E-state index is 0.00531. The SMILES string of the molecule is CC[C@H]1OC(=O)[C@H](C)C(=O)[C@H](C)[C@@H](O[C@@H]2O[C@H](C)C[C@H](N(C)C)[C@H]2O)[C@](C)(OC[C@@H](O)CN[C@@H](C)Cc2ccc(OC)cc2)C[C@@H](C)NC(=O)[C@H](C)[C@@H](O)[C@]1(C)O. The molecule has 326 valence electrons. The predicted octanol–water partition coefficient (Wildman–Crippen LogP) is 1.98. The van der Waals surface area contributed by atoms with E-state index in [-0.39, 0.29) is 44.2 Å². The maximum absolute atomic E-state index is 14.4. The number of nitrogens with one attached hydrogen (secondary N) is 2. The van der Waals surface area contributed by atoms with E-state index < -0.39 is 89.5 Å². The van der Waals surface area contributed by atoms with E-state index >= 15 is 0 Å². The summed E-state index contributed by atoms with van der Waals surface area (Å²) in [6.45, 7) is 14.7. The van der Waals surface area contributed by atoms with E-state index in [0.29, 0.717) is 12.8 Å². The second-order valence-electron chi connectivity index (χ2n) is 17.1. The van der Waals surface area contributed by atoms with E-state index in [2.05, 4.69) is 10.6 Å². The number of ether oxygens (including phenoxy) is 5. The fourth-order valence-electron chi connectivity index (χ4n) is 8.11. The summed E-state index contributed by atoms with van der Waals surface area (Å²) in [6.07, 6.45) is -6.41. The molecule has 15 heteroatoms. The third-order valence-corrected chi connectivity index (χ3v) is 11.7. The van der Waals surface area contributed by atoms with Crippen LogP contribution < -0.4 is 15.4 Å². The highest BCUT2D eigenvalue weighted by atomic mass is 16.7. The second-order valence-corrected chi connectivity index (χ2v) is 17.1. The average Bonchev–Trinajstić information content (AvgIpc) is 3.16. The van der Waals surface area contributed by atoms with Crippen molar-refractivity contribution < 1.29 is 58.5 Å². The van der Waals surface area contributed by atoms with Gasteiger partial charge in [-0.2, -0.15) is 0 Å². The summed E-state index contributed by atoms with van der Waals surface area (Å²) in [5, 5.41) is 51.8. The summed E-state index contributed by atoms with van der Waals surface area (Å²) in [5.41, 5.74) is -2.41. The molecule has 57 heavy (non-hydrogen) atoms. The van der Waals surface area contributed by atoms with Crippen molar-refractivity contribution in [2.75, 3.05) is 34.4 Å². The lowest BCUT2D eigenvalue weighted by atomic mass is 9.79. The van der Waals surface area contributed by atoms with Crippen LogP contribution in [0.3, 0.4) is 0 Å². The summed E-state index contributed by atoms with van der Waals surface area (Å²) in [4.78, 5) is 43.5. The van der Waals surface area contributed by atoms with E-state index in [0.717, 1.165) is 11.3 Å². The van der Waals surface area contributed by atoms with Crippen LogP contribution in [0.2, 0.25) is 0 Å². The highest BCUT2D eigenvalue weighted by Crippen LogP contribution is 2.36. The zero-order valence-electron chi connectivity index (χ0n) is 36.1. The molecule has 1 aromatic carbocycles. The molecule has 3 rings (SSSR count). The number of likely N-dealkylation sites (N-methyl/N-ethyl adjacent to an activating group) is 1. The first-order valence-corrected chi connectivity index (χ1v) is 20.3. The molecule has 0 spiro atoms. The zero-order chi connectivity index (χ0) is 43.0. The first kappa shape index (κ1) is 48.6. The number of nitrogens with zero attached hydrogens (tertiary/aromatic N) is 1. The maximum atomic E-state index is 14.4. The number of carbonyl (C=O) groups is 3. The van der Waals surface area contributed by atoms with Crippen molar-refractivity contribution in [3.63, 3.8) is 0 Å². The Morgan fingerprint density at radius 1 is 1.04 bits per heavy atom. The van der Waals surface area contributed by atoms with Gasteiger partial charge in [-0.25, -0.2) is 0 Å². The smallest absolute Gasteiger partial charge is 0.316 e. The van der Waals surface area contributed by atoms with Crippen molar-refractivity contribution in [2.45, 2.75) is 160 Å². The van der Waals surface area contributed by atoms with E-state index in [4.69, 9.17) is 23.7 Å². The van der Waals surface area contributed by atoms with Gasteiger partial charge in [0.05, 0.1) is 49.7 Å². The first-order chi connectivity index (χ1) is 26.6. The molecular formula is C42H71N3O12. The quantitative estimate of drug-likeness (QED) is 0.125. The van der Waals surface area contributed by atoms with Crippen LogP contribution in [-0.4, -0.2) is 150 Å². The molecule has 15 nitrogen and oxygen atoms in total. The molecule has 1 aromatic rings. The van der Waals surface area contributed by atoms with Gasteiger partial charge in [0.2, 0.25) is 5.91 Å². The largest absolute Gasteiger partial charge is 0.497 e. The number of cyclic esters (lactones) is 1. The molecule has 0 radical (unpaired) electrons. The highest BCUT2D eigenvalue weighted by molar-refractivity contribution is 6.00. The minimum atomic E-state index is -2.04. The van der Waals surface area contributed by atoms with Crippen molar-refractivity contribution in [2.24, 2.45) is 17.8 Å². The van der Waals surface area contributed by atoms with Gasteiger partial charge in [0.25, 0.3) is 0 Å². The number of aliphatic hydroxyl groups excluding tert-OH is 3. The summed E-state index contributed by atoms with van der Waals surface area (Å²) < 4.78 is 30.4. The van der Waals surface area contributed by atoms with Gasteiger partial charge in [-0.3, -0.25) is 14.4 Å². The zero-order valence-corrected chi connectivity index (χ0v) is 36.1. The Labute approximate surface area is 339 Å². The highest BCUT2D eigenvalue weighted by Gasteiger charge is 2.51. The van der Waals surface area contributed by atoms with Crippen LogP contribution in [0.15, 0.2) is 24.3 Å². The number of Topliss-reactive ketones (excluding diaryl/α,β-unsaturated/α-hetero) is 1. The Hall–Kier alpha value is -2.73. The Balaban J connectivity index is 2.01. The van der Waals surface area contributed by atoms with Crippen LogP contribution in [0, 0.1) is 17.8 Å². The molecule has 6 N–H and O–H groups in total. The van der Waals surface area contributed by atoms with Gasteiger partial charge in [-0.15, -0.1) is 0 Å². The van der Waals surface area contributed by atoms with Gasteiger partial charge in [0, 0.05) is 30.6 Å². The number of amides is 1. The average molecular weight is 810 g/mol. The fourth-order valence-corrected chi connectivity index (χ4v) is 8.11. The van der Waals surface area contributed by atoms with E-state index in [9.17, 15) is 34.8 Å². The Bertz CT molecular complexity index is 1450. The van der Waals surface area contributed by atoms with E-state index in [1.165, 1.54) is 20.8 Å². The van der Waals surface area contributed by atoms with E-state index in [1.54, 1.807) is 34.8 Å². The molecule has 2 aliphatic rings. The first-order valence-electron chi connectivity index (χ1n) is 20.3. The number of hydrogen-bond acceptors (Lipinski definition) is 14. The summed E-state index contributed by atoms with van der Waals surface area (Å²) in [7, 11) is 5.30. The normalized spacial score (nSPS) is 37.4. The molecule has 0 aromatic heterocycles.